The Morgan fingerprint density at radius 2 is 1.81 bits per heavy atom. The second-order valence-corrected chi connectivity index (χ2v) is 10.5. The second kappa shape index (κ2) is 10.1. The van der Waals surface area contributed by atoms with Crippen molar-refractivity contribution in [1.29, 1.82) is 0 Å². The lowest BCUT2D eigenvalue weighted by Crippen LogP contribution is -2.20. The molecule has 3 heteroatoms. The summed E-state index contributed by atoms with van der Waals surface area (Å²) in [5, 5.41) is 11.9. The molecule has 2 atom stereocenters. The van der Waals surface area contributed by atoms with Gasteiger partial charge in [0.2, 0.25) is 0 Å². The largest absolute Gasteiger partial charge is 0.507 e. The Bertz CT molecular complexity index is 589. The summed E-state index contributed by atoms with van der Waals surface area (Å²) in [6.07, 6.45) is 11.5. The Balaban J connectivity index is 2.19. The summed E-state index contributed by atoms with van der Waals surface area (Å²) in [6.45, 7) is 10.6. The van der Waals surface area contributed by atoms with E-state index in [4.69, 9.17) is 12.6 Å². The molecule has 26 heavy (non-hydrogen) atoms. The first-order valence-electron chi connectivity index (χ1n) is 10.1. The van der Waals surface area contributed by atoms with Gasteiger partial charge in [0.25, 0.3) is 0 Å². The molecule has 0 saturated heterocycles. The highest BCUT2D eigenvalue weighted by Crippen LogP contribution is 2.37. The maximum atomic E-state index is 10.8. The number of aryl methyl sites for hydroxylation is 1. The van der Waals surface area contributed by atoms with Crippen LogP contribution in [0.1, 0.15) is 82.4 Å². The van der Waals surface area contributed by atoms with Crippen LogP contribution in [0.25, 0.3) is 0 Å². The van der Waals surface area contributed by atoms with Gasteiger partial charge in [0.15, 0.2) is 0 Å². The van der Waals surface area contributed by atoms with E-state index in [0.717, 1.165) is 29.7 Å². The van der Waals surface area contributed by atoms with Crippen molar-refractivity contribution in [3.8, 4) is 5.75 Å². The number of benzene rings is 1. The number of hydrogen-bond acceptors (Lipinski definition) is 3. The molecule has 0 heterocycles. The fraction of sp³-hybridized carbons (Fsp3) is 0.652. The van der Waals surface area contributed by atoms with E-state index in [0.29, 0.717) is 16.2 Å². The van der Waals surface area contributed by atoms with Gasteiger partial charge in [-0.2, -0.15) is 24.4 Å². The Hall–Kier alpha value is -0.540. The summed E-state index contributed by atoms with van der Waals surface area (Å²) >= 11 is 6.87. The van der Waals surface area contributed by atoms with Gasteiger partial charge in [0.05, 0.1) is 0 Å². The van der Waals surface area contributed by atoms with E-state index in [-0.39, 0.29) is 5.41 Å². The molecule has 0 spiro atoms. The first-order valence-corrected chi connectivity index (χ1v) is 11.6. The van der Waals surface area contributed by atoms with Gasteiger partial charge >= 0.3 is 0 Å². The highest BCUT2D eigenvalue weighted by Gasteiger charge is 2.22. The van der Waals surface area contributed by atoms with Crippen LogP contribution in [0.3, 0.4) is 0 Å². The Morgan fingerprint density at radius 1 is 1.15 bits per heavy atom. The van der Waals surface area contributed by atoms with Crippen molar-refractivity contribution in [3.63, 3.8) is 0 Å². The van der Waals surface area contributed by atoms with Crippen LogP contribution in [-0.2, 0) is 17.6 Å². The predicted molar refractivity (Wildman–Crippen MR) is 121 cm³/mol. The average Bonchev–Trinajstić information content (AvgIpc) is 2.57. The third-order valence-corrected chi connectivity index (χ3v) is 7.66. The summed E-state index contributed by atoms with van der Waals surface area (Å²) in [5.74, 6) is 1.37. The molecule has 2 unspecified atom stereocenters. The van der Waals surface area contributed by atoms with Crippen molar-refractivity contribution in [2.24, 2.45) is 0 Å². The molecule has 0 aliphatic heterocycles. The monoisotopic (exact) mass is 392 g/mol. The van der Waals surface area contributed by atoms with E-state index in [2.05, 4.69) is 39.5 Å². The van der Waals surface area contributed by atoms with Gasteiger partial charge in [-0.05, 0) is 42.2 Å². The van der Waals surface area contributed by atoms with Crippen LogP contribution in [0.2, 0.25) is 0 Å². The van der Waals surface area contributed by atoms with Gasteiger partial charge in [-0.3, -0.25) is 0 Å². The molecule has 0 bridgehead atoms. The Kier molecular flexibility index (Phi) is 8.47. The van der Waals surface area contributed by atoms with Gasteiger partial charge in [0.1, 0.15) is 5.75 Å². The van der Waals surface area contributed by atoms with Crippen LogP contribution >= 0.6 is 24.4 Å². The molecular formula is C23H36OS2. The van der Waals surface area contributed by atoms with Gasteiger partial charge in [-0.15, -0.1) is 6.58 Å². The fourth-order valence-electron chi connectivity index (χ4n) is 3.57. The summed E-state index contributed by atoms with van der Waals surface area (Å²) in [4.78, 5) is 0. The van der Waals surface area contributed by atoms with Crippen LogP contribution in [0.4, 0.5) is 0 Å². The SMILES string of the molecule is C=CCCc1cc(C(C)(C)C)cc(CSC2CCCCCCC2S)c1O. The third-order valence-electron chi connectivity index (χ3n) is 5.37. The number of rotatable bonds is 6. The van der Waals surface area contributed by atoms with E-state index in [9.17, 15) is 5.11 Å². The average molecular weight is 393 g/mol. The molecule has 1 fully saturated rings. The number of allylic oxidation sites excluding steroid dienone is 1. The topological polar surface area (TPSA) is 20.2 Å². The van der Waals surface area contributed by atoms with Crippen LogP contribution in [0, 0.1) is 0 Å². The van der Waals surface area contributed by atoms with Crippen molar-refractivity contribution in [3.05, 3.63) is 41.5 Å². The van der Waals surface area contributed by atoms with Crippen molar-refractivity contribution in [2.75, 3.05) is 0 Å². The molecule has 0 aromatic heterocycles. The first kappa shape index (κ1) is 21.8. The van der Waals surface area contributed by atoms with E-state index >= 15 is 0 Å². The molecule has 1 aliphatic carbocycles. The lowest BCUT2D eigenvalue weighted by Gasteiger charge is -2.26. The maximum Gasteiger partial charge on any atom is 0.122 e. The van der Waals surface area contributed by atoms with Crippen LogP contribution < -0.4 is 0 Å². The van der Waals surface area contributed by atoms with Gasteiger partial charge in [-0.1, -0.05) is 64.7 Å². The summed E-state index contributed by atoms with van der Waals surface area (Å²) in [5.41, 5.74) is 3.55. The van der Waals surface area contributed by atoms with Crippen molar-refractivity contribution < 1.29 is 5.11 Å². The first-order chi connectivity index (χ1) is 12.3. The maximum absolute atomic E-state index is 10.8. The lowest BCUT2D eigenvalue weighted by atomic mass is 9.84. The number of hydrogen-bond donors (Lipinski definition) is 2. The zero-order valence-corrected chi connectivity index (χ0v) is 18.5. The van der Waals surface area contributed by atoms with Gasteiger partial charge in [-0.25, -0.2) is 0 Å². The van der Waals surface area contributed by atoms with Crippen molar-refractivity contribution in [2.45, 2.75) is 93.8 Å². The van der Waals surface area contributed by atoms with E-state index in [1.807, 2.05) is 17.8 Å². The van der Waals surface area contributed by atoms with Gasteiger partial charge in [0, 0.05) is 21.8 Å². The normalized spacial score (nSPS) is 21.8. The smallest absolute Gasteiger partial charge is 0.122 e. The zero-order chi connectivity index (χ0) is 19.2. The molecule has 1 nitrogen and oxygen atoms in total. The summed E-state index contributed by atoms with van der Waals surface area (Å²) in [7, 11) is 0. The third kappa shape index (κ3) is 6.27. The predicted octanol–water partition coefficient (Wildman–Crippen LogP) is 7.06. The van der Waals surface area contributed by atoms with Crippen LogP contribution in [0.15, 0.2) is 24.8 Å². The second-order valence-electron chi connectivity index (χ2n) is 8.63. The molecule has 1 aromatic carbocycles. The molecule has 1 saturated carbocycles. The number of aromatic hydroxyl groups is 1. The minimum absolute atomic E-state index is 0.0857. The molecule has 2 rings (SSSR count). The molecule has 1 aromatic rings. The molecule has 1 N–H and O–H groups in total. The minimum Gasteiger partial charge on any atom is -0.507 e. The Labute approximate surface area is 170 Å². The molecule has 0 amide bonds. The highest BCUT2D eigenvalue weighted by molar-refractivity contribution is 8.00. The summed E-state index contributed by atoms with van der Waals surface area (Å²) in [6, 6.07) is 4.40. The number of phenolic OH excluding ortho intramolecular Hbond substituents is 1. The van der Waals surface area contributed by atoms with E-state index < -0.39 is 0 Å². The molecule has 146 valence electrons. The number of thiol groups is 1. The lowest BCUT2D eigenvalue weighted by molar-refractivity contribution is 0.461. The minimum atomic E-state index is 0.0857. The zero-order valence-electron chi connectivity index (χ0n) is 16.8. The summed E-state index contributed by atoms with van der Waals surface area (Å²) < 4.78 is 0. The van der Waals surface area contributed by atoms with Crippen LogP contribution in [0.5, 0.6) is 5.75 Å². The van der Waals surface area contributed by atoms with Crippen molar-refractivity contribution in [1.82, 2.24) is 0 Å². The van der Waals surface area contributed by atoms with E-state index in [1.54, 1.807) is 0 Å². The van der Waals surface area contributed by atoms with Crippen LogP contribution in [-0.4, -0.2) is 15.6 Å². The standard InChI is InChI=1S/C23H36OS2/c1-5-6-11-17-14-19(23(2,3)4)15-18(22(17)24)16-26-21-13-10-8-7-9-12-20(21)25/h5,14-15,20-21,24-25H,1,6-13,16H2,2-4H3. The van der Waals surface area contributed by atoms with Crippen molar-refractivity contribution >= 4 is 24.4 Å². The van der Waals surface area contributed by atoms with E-state index in [1.165, 1.54) is 44.1 Å². The fourth-order valence-corrected chi connectivity index (χ4v) is 5.47. The van der Waals surface area contributed by atoms with Gasteiger partial charge < -0.3 is 5.11 Å². The molecule has 1 aliphatic rings. The Morgan fingerprint density at radius 3 is 2.46 bits per heavy atom. The molecule has 0 radical (unpaired) electrons. The highest BCUT2D eigenvalue weighted by atomic mass is 32.2. The quantitative estimate of drug-likeness (QED) is 0.399. The molecular weight excluding hydrogens is 356 g/mol. The number of phenols is 1. The number of thioether (sulfide) groups is 1.